The van der Waals surface area contributed by atoms with Crippen molar-refractivity contribution in [1.29, 1.82) is 0 Å². The number of rotatable bonds is 4. The first-order valence-electron chi connectivity index (χ1n) is 6.40. The summed E-state index contributed by atoms with van der Waals surface area (Å²) >= 11 is 11.9. The number of ether oxygens (including phenoxy) is 1. The summed E-state index contributed by atoms with van der Waals surface area (Å²) in [5, 5.41) is 1.29. The highest BCUT2D eigenvalue weighted by atomic mass is 35.5. The van der Waals surface area contributed by atoms with E-state index in [-0.39, 0.29) is 5.54 Å². The maximum Gasteiger partial charge on any atom is 0.0732 e. The highest BCUT2D eigenvalue weighted by Crippen LogP contribution is 2.27. The average molecular weight is 288 g/mol. The van der Waals surface area contributed by atoms with Crippen molar-refractivity contribution in [2.45, 2.75) is 44.2 Å². The Morgan fingerprint density at radius 2 is 1.89 bits per heavy atom. The van der Waals surface area contributed by atoms with Crippen molar-refractivity contribution in [3.8, 4) is 0 Å². The van der Waals surface area contributed by atoms with E-state index in [9.17, 15) is 0 Å². The molecule has 0 spiro atoms. The Kier molecular flexibility index (Phi) is 4.91. The van der Waals surface area contributed by atoms with Gasteiger partial charge >= 0.3 is 0 Å². The van der Waals surface area contributed by atoms with Gasteiger partial charge < -0.3 is 10.5 Å². The lowest BCUT2D eigenvalue weighted by molar-refractivity contribution is 0.0575. The van der Waals surface area contributed by atoms with Crippen molar-refractivity contribution in [2.24, 2.45) is 5.73 Å². The third kappa shape index (κ3) is 3.86. The Balaban J connectivity index is 1.84. The standard InChI is InChI=1S/C14H19Cl2NO/c15-12-5-4-11(13(16)8-12)9-18-10-14(17)6-2-1-3-7-14/h4-5,8H,1-3,6-7,9-10,17H2. The summed E-state index contributed by atoms with van der Waals surface area (Å²) < 4.78 is 5.73. The van der Waals surface area contributed by atoms with Crippen LogP contribution in [-0.2, 0) is 11.3 Å². The van der Waals surface area contributed by atoms with Crippen LogP contribution in [0.1, 0.15) is 37.7 Å². The van der Waals surface area contributed by atoms with Crippen LogP contribution in [0.3, 0.4) is 0 Å². The average Bonchev–Trinajstić information content (AvgIpc) is 2.33. The Morgan fingerprint density at radius 3 is 2.56 bits per heavy atom. The summed E-state index contributed by atoms with van der Waals surface area (Å²) in [6.07, 6.45) is 5.83. The first-order valence-corrected chi connectivity index (χ1v) is 7.15. The maximum absolute atomic E-state index is 6.31. The SMILES string of the molecule is NC1(COCc2ccc(Cl)cc2Cl)CCCCC1. The van der Waals surface area contributed by atoms with Crippen molar-refractivity contribution < 1.29 is 4.74 Å². The molecule has 0 heterocycles. The van der Waals surface area contributed by atoms with Crippen LogP contribution in [-0.4, -0.2) is 12.1 Å². The summed E-state index contributed by atoms with van der Waals surface area (Å²) in [4.78, 5) is 0. The van der Waals surface area contributed by atoms with E-state index >= 15 is 0 Å². The monoisotopic (exact) mass is 287 g/mol. The lowest BCUT2D eigenvalue weighted by Gasteiger charge is -2.33. The second kappa shape index (κ2) is 6.25. The summed E-state index contributed by atoms with van der Waals surface area (Å²) in [7, 11) is 0. The molecule has 0 saturated heterocycles. The van der Waals surface area contributed by atoms with Gasteiger partial charge in [-0.2, -0.15) is 0 Å². The molecule has 1 saturated carbocycles. The van der Waals surface area contributed by atoms with Gasteiger partial charge in [0.2, 0.25) is 0 Å². The zero-order chi connectivity index (χ0) is 13.0. The van der Waals surface area contributed by atoms with Crippen LogP contribution in [0.4, 0.5) is 0 Å². The highest BCUT2D eigenvalue weighted by Gasteiger charge is 2.27. The molecule has 2 N–H and O–H groups in total. The van der Waals surface area contributed by atoms with Gasteiger partial charge in [-0.05, 0) is 30.5 Å². The second-order valence-electron chi connectivity index (χ2n) is 5.15. The zero-order valence-electron chi connectivity index (χ0n) is 10.4. The molecular formula is C14H19Cl2NO. The lowest BCUT2D eigenvalue weighted by Crippen LogP contribution is -2.46. The minimum Gasteiger partial charge on any atom is -0.375 e. The second-order valence-corrected chi connectivity index (χ2v) is 6.00. The van der Waals surface area contributed by atoms with Crippen molar-refractivity contribution >= 4 is 23.2 Å². The van der Waals surface area contributed by atoms with Gasteiger partial charge in [0.15, 0.2) is 0 Å². The van der Waals surface area contributed by atoms with Crippen molar-refractivity contribution in [3.63, 3.8) is 0 Å². The number of hydrogen-bond acceptors (Lipinski definition) is 2. The molecule has 0 aromatic heterocycles. The van der Waals surface area contributed by atoms with Crippen LogP contribution in [0.2, 0.25) is 10.0 Å². The van der Waals surface area contributed by atoms with Crippen LogP contribution >= 0.6 is 23.2 Å². The molecule has 100 valence electrons. The Hall–Kier alpha value is -0.280. The van der Waals surface area contributed by atoms with Crippen molar-refractivity contribution in [3.05, 3.63) is 33.8 Å². The van der Waals surface area contributed by atoms with E-state index in [0.717, 1.165) is 18.4 Å². The largest absolute Gasteiger partial charge is 0.375 e. The molecule has 1 aliphatic rings. The van der Waals surface area contributed by atoms with Gasteiger partial charge in [-0.3, -0.25) is 0 Å². The summed E-state index contributed by atoms with van der Waals surface area (Å²) in [5.74, 6) is 0. The van der Waals surface area contributed by atoms with Crippen LogP contribution in [0.25, 0.3) is 0 Å². The van der Waals surface area contributed by atoms with E-state index in [1.54, 1.807) is 6.07 Å². The minimum absolute atomic E-state index is 0.142. The molecule has 0 radical (unpaired) electrons. The smallest absolute Gasteiger partial charge is 0.0732 e. The molecule has 0 atom stereocenters. The normalized spacial score (nSPS) is 18.8. The fourth-order valence-corrected chi connectivity index (χ4v) is 2.87. The fraction of sp³-hybridized carbons (Fsp3) is 0.571. The van der Waals surface area contributed by atoms with Crippen LogP contribution in [0.15, 0.2) is 18.2 Å². The van der Waals surface area contributed by atoms with Crippen LogP contribution in [0, 0.1) is 0 Å². The first kappa shape index (κ1) is 14.1. The lowest BCUT2D eigenvalue weighted by atomic mass is 9.83. The van der Waals surface area contributed by atoms with Crippen molar-refractivity contribution in [1.82, 2.24) is 0 Å². The zero-order valence-corrected chi connectivity index (χ0v) is 11.9. The number of hydrogen-bond donors (Lipinski definition) is 1. The molecule has 0 amide bonds. The van der Waals surface area contributed by atoms with Gasteiger partial charge in [-0.25, -0.2) is 0 Å². The Bertz CT molecular complexity index is 403. The van der Waals surface area contributed by atoms with E-state index in [4.69, 9.17) is 33.7 Å². The number of nitrogens with two attached hydrogens (primary N) is 1. The predicted molar refractivity (Wildman–Crippen MR) is 76.1 cm³/mol. The third-order valence-electron chi connectivity index (χ3n) is 3.51. The van der Waals surface area contributed by atoms with Crippen molar-refractivity contribution in [2.75, 3.05) is 6.61 Å². The van der Waals surface area contributed by atoms with E-state index < -0.39 is 0 Å². The van der Waals surface area contributed by atoms with E-state index in [2.05, 4.69) is 0 Å². The molecule has 0 bridgehead atoms. The number of benzene rings is 1. The highest BCUT2D eigenvalue weighted by molar-refractivity contribution is 6.35. The molecule has 2 nitrogen and oxygen atoms in total. The minimum atomic E-state index is -0.142. The van der Waals surface area contributed by atoms with E-state index in [0.29, 0.717) is 23.3 Å². The molecular weight excluding hydrogens is 269 g/mol. The van der Waals surface area contributed by atoms with E-state index in [1.165, 1.54) is 19.3 Å². The van der Waals surface area contributed by atoms with E-state index in [1.807, 2.05) is 12.1 Å². The van der Waals surface area contributed by atoms with Crippen LogP contribution in [0.5, 0.6) is 0 Å². The molecule has 1 aromatic carbocycles. The molecule has 1 fully saturated rings. The van der Waals surface area contributed by atoms with Gasteiger partial charge in [0.05, 0.1) is 13.2 Å². The molecule has 4 heteroatoms. The Labute approximate surface area is 118 Å². The quantitative estimate of drug-likeness (QED) is 0.902. The summed E-state index contributed by atoms with van der Waals surface area (Å²) in [5.41, 5.74) is 7.12. The van der Waals surface area contributed by atoms with Gasteiger partial charge in [0.1, 0.15) is 0 Å². The predicted octanol–water partition coefficient (Wildman–Crippen LogP) is 4.17. The molecule has 2 rings (SSSR count). The van der Waals surface area contributed by atoms with Gasteiger partial charge in [0, 0.05) is 15.6 Å². The summed E-state index contributed by atoms with van der Waals surface area (Å²) in [6, 6.07) is 5.46. The fourth-order valence-electron chi connectivity index (χ4n) is 2.40. The topological polar surface area (TPSA) is 35.2 Å². The molecule has 0 unspecified atom stereocenters. The van der Waals surface area contributed by atoms with Gasteiger partial charge in [-0.15, -0.1) is 0 Å². The maximum atomic E-state index is 6.31. The number of halogens is 2. The van der Waals surface area contributed by atoms with Gasteiger partial charge in [0.25, 0.3) is 0 Å². The third-order valence-corrected chi connectivity index (χ3v) is 4.10. The van der Waals surface area contributed by atoms with Crippen LogP contribution < -0.4 is 5.73 Å². The molecule has 1 aromatic rings. The van der Waals surface area contributed by atoms with Gasteiger partial charge in [-0.1, -0.05) is 48.5 Å². The molecule has 1 aliphatic carbocycles. The molecule has 0 aliphatic heterocycles. The Morgan fingerprint density at radius 1 is 1.17 bits per heavy atom. The first-order chi connectivity index (χ1) is 8.59. The summed E-state index contributed by atoms with van der Waals surface area (Å²) in [6.45, 7) is 1.10. The molecule has 18 heavy (non-hydrogen) atoms.